The normalized spacial score (nSPS) is 12.6. The minimum Gasteiger partial charge on any atom is -0.462 e. The number of allylic oxidation sites excluding steroid dienone is 14. The highest BCUT2D eigenvalue weighted by atomic mass is 16.6. The second-order valence-electron chi connectivity index (χ2n) is 22.0. The monoisotopic (exact) mass is 1070 g/mol. The Morgan fingerprint density at radius 3 is 0.805 bits per heavy atom. The van der Waals surface area contributed by atoms with Crippen molar-refractivity contribution in [2.75, 3.05) is 13.2 Å². The van der Waals surface area contributed by atoms with Gasteiger partial charge >= 0.3 is 17.9 Å². The van der Waals surface area contributed by atoms with Crippen LogP contribution >= 0.6 is 0 Å². The van der Waals surface area contributed by atoms with Gasteiger partial charge in [0.1, 0.15) is 13.2 Å². The Hall–Kier alpha value is -3.41. The van der Waals surface area contributed by atoms with E-state index in [9.17, 15) is 14.4 Å². The van der Waals surface area contributed by atoms with E-state index >= 15 is 0 Å². The third kappa shape index (κ3) is 63.3. The number of unbranched alkanes of at least 4 members (excludes halogenated alkanes) is 35. The summed E-state index contributed by atoms with van der Waals surface area (Å²) in [4.78, 5) is 38.4. The quantitative estimate of drug-likeness (QED) is 0.0261. The SMILES string of the molecule is CC/C=C\C/C=C\C/C=C\C/C=C\C/C=C\CCCCCCCCCCCC(=O)OCC(COC(=O)CCCCCCC/C=C\C/C=C\CCCCCC)OC(=O)CCCCCCCCCCCCCCCCCCCC. The number of hydrogen-bond acceptors (Lipinski definition) is 6. The Morgan fingerprint density at radius 1 is 0.273 bits per heavy atom. The summed E-state index contributed by atoms with van der Waals surface area (Å²) in [5, 5.41) is 0. The lowest BCUT2D eigenvalue weighted by Crippen LogP contribution is -2.30. The molecule has 0 heterocycles. The Balaban J connectivity index is 4.36. The summed E-state index contributed by atoms with van der Waals surface area (Å²) < 4.78 is 17.0. The Bertz CT molecular complexity index is 1470. The summed E-state index contributed by atoms with van der Waals surface area (Å²) >= 11 is 0. The van der Waals surface area contributed by atoms with Gasteiger partial charge in [-0.25, -0.2) is 0 Å². The highest BCUT2D eigenvalue weighted by molar-refractivity contribution is 5.71. The smallest absolute Gasteiger partial charge is 0.306 e. The fraction of sp³-hybridized carbons (Fsp3) is 0.761. The Morgan fingerprint density at radius 2 is 0.506 bits per heavy atom. The average Bonchev–Trinajstić information content (AvgIpc) is 3.43. The molecule has 0 N–H and O–H groups in total. The van der Waals surface area contributed by atoms with Crippen LogP contribution in [0, 0.1) is 0 Å². The van der Waals surface area contributed by atoms with Crippen LogP contribution in [0.2, 0.25) is 0 Å². The van der Waals surface area contributed by atoms with Crippen molar-refractivity contribution in [3.63, 3.8) is 0 Å². The van der Waals surface area contributed by atoms with Crippen molar-refractivity contribution in [2.24, 2.45) is 0 Å². The van der Waals surface area contributed by atoms with Crippen LogP contribution in [0.25, 0.3) is 0 Å². The molecule has 0 aromatic carbocycles. The van der Waals surface area contributed by atoms with Gasteiger partial charge in [-0.15, -0.1) is 0 Å². The van der Waals surface area contributed by atoms with Crippen molar-refractivity contribution < 1.29 is 28.6 Å². The number of carbonyl (C=O) groups excluding carboxylic acids is 3. The molecule has 6 nitrogen and oxygen atoms in total. The molecule has 0 rings (SSSR count). The van der Waals surface area contributed by atoms with Gasteiger partial charge in [-0.3, -0.25) is 14.4 Å². The first-order valence-electron chi connectivity index (χ1n) is 33.1. The van der Waals surface area contributed by atoms with E-state index in [4.69, 9.17) is 14.2 Å². The zero-order chi connectivity index (χ0) is 55.7. The van der Waals surface area contributed by atoms with Gasteiger partial charge in [-0.05, 0) is 96.3 Å². The summed E-state index contributed by atoms with van der Waals surface area (Å²) in [6.07, 6.45) is 85.8. The molecule has 0 spiro atoms. The van der Waals surface area contributed by atoms with E-state index in [1.807, 2.05) is 0 Å². The Kier molecular flexibility index (Phi) is 62.2. The van der Waals surface area contributed by atoms with Gasteiger partial charge in [0.2, 0.25) is 0 Å². The van der Waals surface area contributed by atoms with E-state index in [-0.39, 0.29) is 31.1 Å². The minimum atomic E-state index is -0.785. The molecule has 0 fully saturated rings. The van der Waals surface area contributed by atoms with Crippen LogP contribution in [-0.2, 0) is 28.6 Å². The van der Waals surface area contributed by atoms with Gasteiger partial charge < -0.3 is 14.2 Å². The Labute approximate surface area is 477 Å². The first kappa shape index (κ1) is 73.6. The van der Waals surface area contributed by atoms with Crippen LogP contribution in [0.15, 0.2) is 85.1 Å². The maximum absolute atomic E-state index is 12.9. The van der Waals surface area contributed by atoms with E-state index in [0.717, 1.165) is 116 Å². The second kappa shape index (κ2) is 65.1. The van der Waals surface area contributed by atoms with Crippen LogP contribution in [0.3, 0.4) is 0 Å². The highest BCUT2D eigenvalue weighted by Gasteiger charge is 2.19. The molecule has 1 unspecified atom stereocenters. The predicted molar refractivity (Wildman–Crippen MR) is 334 cm³/mol. The van der Waals surface area contributed by atoms with Crippen LogP contribution < -0.4 is 0 Å². The largest absolute Gasteiger partial charge is 0.462 e. The summed E-state index contributed by atoms with van der Waals surface area (Å²) in [6, 6.07) is 0. The number of carbonyl (C=O) groups is 3. The fourth-order valence-electron chi connectivity index (χ4n) is 9.44. The summed E-state index contributed by atoms with van der Waals surface area (Å²) in [6.45, 7) is 6.54. The van der Waals surface area contributed by atoms with Crippen molar-refractivity contribution >= 4 is 17.9 Å². The van der Waals surface area contributed by atoms with Crippen molar-refractivity contribution in [3.05, 3.63) is 85.1 Å². The summed E-state index contributed by atoms with van der Waals surface area (Å²) in [5.41, 5.74) is 0. The molecule has 0 saturated carbocycles. The van der Waals surface area contributed by atoms with E-state index in [1.165, 1.54) is 173 Å². The maximum atomic E-state index is 12.9. The number of esters is 3. The van der Waals surface area contributed by atoms with Gasteiger partial charge in [-0.1, -0.05) is 298 Å². The molecule has 0 radical (unpaired) electrons. The molecule has 0 aromatic heterocycles. The lowest BCUT2D eigenvalue weighted by molar-refractivity contribution is -0.167. The molecule has 0 aliphatic rings. The zero-order valence-electron chi connectivity index (χ0n) is 51.0. The van der Waals surface area contributed by atoms with Crippen LogP contribution in [0.5, 0.6) is 0 Å². The van der Waals surface area contributed by atoms with E-state index < -0.39 is 6.10 Å². The fourth-order valence-corrected chi connectivity index (χ4v) is 9.44. The summed E-state index contributed by atoms with van der Waals surface area (Å²) in [7, 11) is 0. The third-order valence-corrected chi connectivity index (χ3v) is 14.4. The van der Waals surface area contributed by atoms with E-state index in [2.05, 4.69) is 106 Å². The number of rotatable bonds is 60. The molecule has 6 heteroatoms. The van der Waals surface area contributed by atoms with Gasteiger partial charge in [0.25, 0.3) is 0 Å². The second-order valence-corrected chi connectivity index (χ2v) is 22.0. The first-order chi connectivity index (χ1) is 38.0. The third-order valence-electron chi connectivity index (χ3n) is 14.4. The van der Waals surface area contributed by atoms with E-state index in [1.54, 1.807) is 0 Å². The molecular weight excluding hydrogens is 949 g/mol. The van der Waals surface area contributed by atoms with Gasteiger partial charge in [0.05, 0.1) is 0 Å². The molecule has 1 atom stereocenters. The molecule has 0 aliphatic carbocycles. The van der Waals surface area contributed by atoms with Gasteiger partial charge in [-0.2, -0.15) is 0 Å². The number of ether oxygens (including phenoxy) is 3. The average molecular weight is 1070 g/mol. The molecule has 0 aliphatic heterocycles. The molecular formula is C71H124O6. The van der Waals surface area contributed by atoms with Gasteiger partial charge in [0, 0.05) is 19.3 Å². The molecule has 444 valence electrons. The van der Waals surface area contributed by atoms with Crippen molar-refractivity contribution in [3.8, 4) is 0 Å². The molecule has 0 aromatic rings. The zero-order valence-corrected chi connectivity index (χ0v) is 51.0. The van der Waals surface area contributed by atoms with Crippen molar-refractivity contribution in [1.29, 1.82) is 0 Å². The minimum absolute atomic E-state index is 0.0815. The van der Waals surface area contributed by atoms with Gasteiger partial charge in [0.15, 0.2) is 6.10 Å². The molecule has 0 saturated heterocycles. The maximum Gasteiger partial charge on any atom is 0.306 e. The summed E-state index contributed by atoms with van der Waals surface area (Å²) in [5.74, 6) is -0.884. The van der Waals surface area contributed by atoms with E-state index in [0.29, 0.717) is 19.3 Å². The van der Waals surface area contributed by atoms with Crippen LogP contribution in [-0.4, -0.2) is 37.2 Å². The molecule has 77 heavy (non-hydrogen) atoms. The number of hydrogen-bond donors (Lipinski definition) is 0. The highest BCUT2D eigenvalue weighted by Crippen LogP contribution is 2.17. The standard InChI is InChI=1S/C71H124O6/c1-4-7-10-13-16-19-22-25-28-31-33-34-35-36-37-38-39-41-43-46-49-52-55-58-61-64-70(73)76-67-68(66-75-69(72)63-60-57-54-51-48-45-42-30-27-24-21-18-15-12-9-6-3)77-71(74)65-62-59-56-53-50-47-44-40-32-29-26-23-20-17-14-11-8-5-2/h7,10,16,19,21,24-25,28,30,33-34,36-37,42,68H,4-6,8-9,11-15,17-18,20,22-23,26-27,29,31-32,35,38-41,43-67H2,1-3H3/b10-7-,19-16-,24-21-,28-25-,34-33-,37-36-,42-30-. The lowest BCUT2D eigenvalue weighted by atomic mass is 10.0. The van der Waals surface area contributed by atoms with Crippen molar-refractivity contribution in [2.45, 2.75) is 335 Å². The van der Waals surface area contributed by atoms with Crippen LogP contribution in [0.1, 0.15) is 329 Å². The first-order valence-corrected chi connectivity index (χ1v) is 33.1. The lowest BCUT2D eigenvalue weighted by Gasteiger charge is -2.18. The molecule has 0 bridgehead atoms. The predicted octanol–water partition coefficient (Wildman–Crippen LogP) is 22.7. The van der Waals surface area contributed by atoms with Crippen LogP contribution in [0.4, 0.5) is 0 Å². The molecule has 0 amide bonds. The topological polar surface area (TPSA) is 78.9 Å². The van der Waals surface area contributed by atoms with Crippen molar-refractivity contribution in [1.82, 2.24) is 0 Å².